The Morgan fingerprint density at radius 1 is 1.40 bits per heavy atom. The molecule has 1 heterocycles. The zero-order valence-electron chi connectivity index (χ0n) is 8.45. The van der Waals surface area contributed by atoms with Gasteiger partial charge in [-0.2, -0.15) is 0 Å². The Kier molecular flexibility index (Phi) is 3.54. The highest BCUT2D eigenvalue weighted by Crippen LogP contribution is 2.23. The fraction of sp³-hybridized carbons (Fsp3) is 0.417. The summed E-state index contributed by atoms with van der Waals surface area (Å²) in [7, 11) is 0. The van der Waals surface area contributed by atoms with E-state index in [1.54, 1.807) is 0 Å². The third-order valence-corrected chi connectivity index (χ3v) is 3.98. The predicted octanol–water partition coefficient (Wildman–Crippen LogP) is 2.24. The number of rotatable bonds is 3. The van der Waals surface area contributed by atoms with Crippen LogP contribution in [0.2, 0.25) is 0 Å². The molecule has 1 aromatic carbocycles. The number of ketones is 1. The molecule has 1 fully saturated rings. The molecule has 1 saturated heterocycles. The Hall–Kier alpha value is -0.670. The highest BCUT2D eigenvalue weighted by Gasteiger charge is 2.28. The van der Waals surface area contributed by atoms with Crippen molar-refractivity contribution in [3.05, 3.63) is 35.9 Å². The molecule has 1 aliphatic rings. The minimum Gasteiger partial charge on any atom is -0.316 e. The van der Waals surface area contributed by atoms with Crippen LogP contribution in [0, 0.1) is 5.92 Å². The first-order valence-corrected chi connectivity index (χ1v) is 6.14. The van der Waals surface area contributed by atoms with E-state index in [0.717, 1.165) is 25.1 Å². The number of alkyl halides is 1. The Labute approximate surface area is 98.2 Å². The minimum absolute atomic E-state index is 0.0464. The van der Waals surface area contributed by atoms with Gasteiger partial charge in [-0.1, -0.05) is 46.3 Å². The third kappa shape index (κ3) is 2.47. The maximum absolute atomic E-state index is 12.1. The topological polar surface area (TPSA) is 29.1 Å². The lowest BCUT2D eigenvalue weighted by atomic mass is 9.97. The molecule has 0 bridgehead atoms. The zero-order valence-corrected chi connectivity index (χ0v) is 10.0. The number of carbonyl (C=O) groups is 1. The van der Waals surface area contributed by atoms with Gasteiger partial charge in [0.25, 0.3) is 0 Å². The number of carbonyl (C=O) groups excluding carboxylic acids is 1. The van der Waals surface area contributed by atoms with E-state index in [1.165, 1.54) is 0 Å². The number of halogens is 1. The van der Waals surface area contributed by atoms with Gasteiger partial charge in [0, 0.05) is 5.56 Å². The molecule has 1 aliphatic heterocycles. The molecule has 2 nitrogen and oxygen atoms in total. The summed E-state index contributed by atoms with van der Waals surface area (Å²) in [5.74, 6) is 0.627. The second-order valence-corrected chi connectivity index (χ2v) is 4.87. The Balaban J connectivity index is 2.07. The van der Waals surface area contributed by atoms with Crippen molar-refractivity contribution < 1.29 is 4.79 Å². The first-order valence-electron chi connectivity index (χ1n) is 5.23. The van der Waals surface area contributed by atoms with Crippen molar-refractivity contribution in [3.8, 4) is 0 Å². The summed E-state index contributed by atoms with van der Waals surface area (Å²) in [5, 5.41) is 3.28. The molecule has 1 aromatic rings. The van der Waals surface area contributed by atoms with Crippen molar-refractivity contribution in [1.82, 2.24) is 5.32 Å². The number of hydrogen-bond acceptors (Lipinski definition) is 2. The van der Waals surface area contributed by atoms with Crippen LogP contribution >= 0.6 is 15.9 Å². The highest BCUT2D eigenvalue weighted by atomic mass is 79.9. The molecule has 0 spiro atoms. The van der Waals surface area contributed by atoms with Crippen LogP contribution in [0.4, 0.5) is 0 Å². The van der Waals surface area contributed by atoms with E-state index in [-0.39, 0.29) is 10.6 Å². The number of hydrogen-bond donors (Lipinski definition) is 1. The lowest BCUT2D eigenvalue weighted by Crippen LogP contribution is -2.25. The summed E-state index contributed by atoms with van der Waals surface area (Å²) in [4.78, 5) is 12.0. The monoisotopic (exact) mass is 267 g/mol. The van der Waals surface area contributed by atoms with Gasteiger partial charge in [0.15, 0.2) is 5.78 Å². The molecular formula is C12H14BrNO. The predicted molar refractivity (Wildman–Crippen MR) is 64.5 cm³/mol. The fourth-order valence-corrected chi connectivity index (χ4v) is 2.62. The number of benzene rings is 1. The molecule has 0 amide bonds. The number of nitrogens with one attached hydrogen (secondary N) is 1. The van der Waals surface area contributed by atoms with Crippen LogP contribution in [-0.2, 0) is 0 Å². The Morgan fingerprint density at radius 2 is 2.13 bits per heavy atom. The maximum Gasteiger partial charge on any atom is 0.176 e. The number of Topliss-reactive ketones (excluding diaryl/α,β-unsaturated/α-hetero) is 1. The maximum atomic E-state index is 12.1. The molecule has 2 unspecified atom stereocenters. The average Bonchev–Trinajstić information content (AvgIpc) is 2.82. The van der Waals surface area contributed by atoms with Crippen molar-refractivity contribution >= 4 is 21.7 Å². The summed E-state index contributed by atoms with van der Waals surface area (Å²) in [5.41, 5.74) is 0.797. The summed E-state index contributed by atoms with van der Waals surface area (Å²) >= 11 is 3.52. The van der Waals surface area contributed by atoms with Gasteiger partial charge in [-0.25, -0.2) is 0 Å². The fourth-order valence-electron chi connectivity index (χ4n) is 1.90. The molecule has 80 valence electrons. The van der Waals surface area contributed by atoms with Crippen LogP contribution in [0.1, 0.15) is 16.8 Å². The van der Waals surface area contributed by atoms with Crippen molar-refractivity contribution in [2.45, 2.75) is 11.2 Å². The lowest BCUT2D eigenvalue weighted by Gasteiger charge is -2.14. The van der Waals surface area contributed by atoms with Gasteiger partial charge in [0.1, 0.15) is 0 Å². The van der Waals surface area contributed by atoms with Gasteiger partial charge in [-0.05, 0) is 25.4 Å². The normalized spacial score (nSPS) is 22.6. The van der Waals surface area contributed by atoms with Crippen LogP contribution in [0.15, 0.2) is 30.3 Å². The van der Waals surface area contributed by atoms with E-state index < -0.39 is 0 Å². The molecule has 0 aliphatic carbocycles. The van der Waals surface area contributed by atoms with Gasteiger partial charge in [-0.3, -0.25) is 4.79 Å². The molecule has 0 radical (unpaired) electrons. The van der Waals surface area contributed by atoms with Crippen molar-refractivity contribution in [1.29, 1.82) is 0 Å². The highest BCUT2D eigenvalue weighted by molar-refractivity contribution is 9.10. The summed E-state index contributed by atoms with van der Waals surface area (Å²) in [6, 6.07) is 9.48. The van der Waals surface area contributed by atoms with Crippen molar-refractivity contribution in [2.24, 2.45) is 5.92 Å². The largest absolute Gasteiger partial charge is 0.316 e. The van der Waals surface area contributed by atoms with Gasteiger partial charge < -0.3 is 5.32 Å². The second kappa shape index (κ2) is 4.90. The molecule has 1 N–H and O–H groups in total. The van der Waals surface area contributed by atoms with E-state index in [1.807, 2.05) is 30.3 Å². The van der Waals surface area contributed by atoms with E-state index in [4.69, 9.17) is 0 Å². The lowest BCUT2D eigenvalue weighted by molar-refractivity contribution is 0.0975. The molecule has 0 aromatic heterocycles. The standard InChI is InChI=1S/C12H14BrNO/c13-11(10-6-7-14-8-10)12(15)9-4-2-1-3-5-9/h1-5,10-11,14H,6-8H2. The van der Waals surface area contributed by atoms with E-state index in [9.17, 15) is 4.79 Å². The van der Waals surface area contributed by atoms with Gasteiger partial charge in [0.05, 0.1) is 4.83 Å². The SMILES string of the molecule is O=C(c1ccccc1)C(Br)C1CCNC1. The van der Waals surface area contributed by atoms with Gasteiger partial charge in [0.2, 0.25) is 0 Å². The Bertz CT molecular complexity index is 333. The molecule has 0 saturated carbocycles. The summed E-state index contributed by atoms with van der Waals surface area (Å²) < 4.78 is 0. The minimum atomic E-state index is -0.0464. The van der Waals surface area contributed by atoms with Crippen LogP contribution in [0.3, 0.4) is 0 Å². The average molecular weight is 268 g/mol. The van der Waals surface area contributed by atoms with Crippen LogP contribution in [-0.4, -0.2) is 23.7 Å². The van der Waals surface area contributed by atoms with E-state index >= 15 is 0 Å². The van der Waals surface area contributed by atoms with Crippen LogP contribution in [0.5, 0.6) is 0 Å². The Morgan fingerprint density at radius 3 is 2.73 bits per heavy atom. The molecule has 3 heteroatoms. The molecule has 2 rings (SSSR count). The molecule has 2 atom stereocenters. The smallest absolute Gasteiger partial charge is 0.176 e. The molecule has 15 heavy (non-hydrogen) atoms. The van der Waals surface area contributed by atoms with Crippen LogP contribution < -0.4 is 5.32 Å². The van der Waals surface area contributed by atoms with E-state index in [0.29, 0.717) is 5.92 Å². The van der Waals surface area contributed by atoms with Gasteiger partial charge in [-0.15, -0.1) is 0 Å². The van der Waals surface area contributed by atoms with E-state index in [2.05, 4.69) is 21.2 Å². The zero-order chi connectivity index (χ0) is 10.7. The second-order valence-electron chi connectivity index (χ2n) is 3.88. The van der Waals surface area contributed by atoms with Crippen molar-refractivity contribution in [2.75, 3.05) is 13.1 Å². The first kappa shape index (κ1) is 10.8. The summed E-state index contributed by atoms with van der Waals surface area (Å²) in [6.07, 6.45) is 1.08. The third-order valence-electron chi connectivity index (χ3n) is 2.82. The van der Waals surface area contributed by atoms with Crippen LogP contribution in [0.25, 0.3) is 0 Å². The first-order chi connectivity index (χ1) is 7.29. The quantitative estimate of drug-likeness (QED) is 0.673. The van der Waals surface area contributed by atoms with Gasteiger partial charge >= 0.3 is 0 Å². The summed E-state index contributed by atoms with van der Waals surface area (Å²) in [6.45, 7) is 1.96. The van der Waals surface area contributed by atoms with Crippen molar-refractivity contribution in [3.63, 3.8) is 0 Å². The molecular weight excluding hydrogens is 254 g/mol.